The van der Waals surface area contributed by atoms with E-state index in [2.05, 4.69) is 9.47 Å². The summed E-state index contributed by atoms with van der Waals surface area (Å²) >= 11 is 4.74. The number of carbonyl (C=O) groups excluding carboxylic acids is 2. The first-order valence-corrected chi connectivity index (χ1v) is 3.66. The summed E-state index contributed by atoms with van der Waals surface area (Å²) in [5.74, 6) is -0.882. The van der Waals surface area contributed by atoms with Gasteiger partial charge in [-0.2, -0.15) is 0 Å². The van der Waals surface area contributed by atoms with Crippen molar-refractivity contribution in [3.63, 3.8) is 0 Å². The molecule has 0 saturated heterocycles. The van der Waals surface area contributed by atoms with Crippen LogP contribution in [-0.2, 0) is 19.1 Å². The lowest BCUT2D eigenvalue weighted by Gasteiger charge is -2.00. The fourth-order valence-electron chi connectivity index (χ4n) is 0.529. The summed E-state index contributed by atoms with van der Waals surface area (Å²) in [6, 6.07) is 0. The maximum atomic E-state index is 10.6. The average Bonchev–Trinajstić information content (AvgIpc) is 2.03. The van der Waals surface area contributed by atoms with Gasteiger partial charge in [-0.15, -0.1) is 0 Å². The van der Waals surface area contributed by atoms with Crippen LogP contribution in [0, 0.1) is 0 Å². The summed E-state index contributed by atoms with van der Waals surface area (Å²) in [5, 5.41) is 0. The summed E-state index contributed by atoms with van der Waals surface area (Å²) in [5.41, 5.74) is 0. The number of hydrogen-bond acceptors (Lipinski definition) is 5. The minimum absolute atomic E-state index is 0.0130. The minimum Gasteiger partial charge on any atom is -0.469 e. The lowest BCUT2D eigenvalue weighted by Crippen LogP contribution is -2.12. The van der Waals surface area contributed by atoms with Gasteiger partial charge in [-0.1, -0.05) is 12.2 Å². The summed E-state index contributed by atoms with van der Waals surface area (Å²) in [4.78, 5) is 21.6. The highest BCUT2D eigenvalue weighted by Crippen LogP contribution is 1.96. The Morgan fingerprint density at radius 3 is 1.67 bits per heavy atom. The molecule has 0 aliphatic carbocycles. The smallest absolute Gasteiger partial charge is 0.310 e. The highest BCUT2D eigenvalue weighted by Gasteiger charge is 2.09. The zero-order valence-electron chi connectivity index (χ0n) is 6.96. The average molecular weight is 190 g/mol. The van der Waals surface area contributed by atoms with Crippen molar-refractivity contribution in [2.75, 3.05) is 14.2 Å². The van der Waals surface area contributed by atoms with Gasteiger partial charge in [0.05, 0.1) is 27.1 Å². The molecule has 0 aliphatic rings. The minimum atomic E-state index is -0.441. The van der Waals surface area contributed by atoms with Crippen molar-refractivity contribution in [1.82, 2.24) is 0 Å². The topological polar surface area (TPSA) is 52.6 Å². The van der Waals surface area contributed by atoms with Gasteiger partial charge in [0.2, 0.25) is 0 Å². The molecule has 0 heterocycles. The van der Waals surface area contributed by atoms with Crippen LogP contribution in [-0.4, -0.2) is 31.0 Å². The van der Waals surface area contributed by atoms with Crippen molar-refractivity contribution in [2.45, 2.75) is 12.8 Å². The molecule has 0 N–H and O–H groups in total. The van der Waals surface area contributed by atoms with Crippen molar-refractivity contribution in [2.24, 2.45) is 0 Å². The molecule has 0 saturated carbocycles. The van der Waals surface area contributed by atoms with Crippen LogP contribution in [0.15, 0.2) is 0 Å². The van der Waals surface area contributed by atoms with E-state index < -0.39 is 11.9 Å². The Hall–Kier alpha value is -0.970. The van der Waals surface area contributed by atoms with Gasteiger partial charge in [-0.25, -0.2) is 0 Å². The van der Waals surface area contributed by atoms with Gasteiger partial charge in [0.25, 0.3) is 0 Å². The third-order valence-electron chi connectivity index (χ3n) is 1.14. The molecule has 4 nitrogen and oxygen atoms in total. The molecule has 68 valence electrons. The van der Waals surface area contributed by atoms with Gasteiger partial charge in [-0.05, 0) is 0 Å². The van der Waals surface area contributed by atoms with Gasteiger partial charge >= 0.3 is 11.9 Å². The fraction of sp³-hybridized carbons (Fsp3) is 0.571. The predicted octanol–water partition coefficient (Wildman–Crippen LogP) is 0.482. The zero-order chi connectivity index (χ0) is 9.56. The quantitative estimate of drug-likeness (QED) is 0.477. The van der Waals surface area contributed by atoms with Gasteiger partial charge in [-0.3, -0.25) is 9.59 Å². The summed E-state index contributed by atoms with van der Waals surface area (Å²) in [6.07, 6.45) is -0.0259. The number of thiocarbonyl (C=S) groups is 1. The van der Waals surface area contributed by atoms with Crippen molar-refractivity contribution in [3.8, 4) is 0 Å². The van der Waals surface area contributed by atoms with E-state index in [1.165, 1.54) is 14.2 Å². The van der Waals surface area contributed by atoms with Crippen molar-refractivity contribution >= 4 is 29.0 Å². The molecule has 0 aromatic heterocycles. The Kier molecular flexibility index (Phi) is 5.19. The molecule has 0 amide bonds. The van der Waals surface area contributed by atoms with Crippen LogP contribution in [0.2, 0.25) is 0 Å². The second-order valence-electron chi connectivity index (χ2n) is 2.04. The van der Waals surface area contributed by atoms with E-state index in [4.69, 9.17) is 12.2 Å². The van der Waals surface area contributed by atoms with Crippen molar-refractivity contribution in [1.29, 1.82) is 0 Å². The van der Waals surface area contributed by atoms with Crippen molar-refractivity contribution < 1.29 is 19.1 Å². The summed E-state index contributed by atoms with van der Waals surface area (Å²) in [6.45, 7) is 0. The number of hydrogen-bond donors (Lipinski definition) is 0. The fourth-order valence-corrected chi connectivity index (χ4v) is 0.765. The molecular formula is C7H10O4S. The Bertz CT molecular complexity index is 180. The van der Waals surface area contributed by atoms with E-state index >= 15 is 0 Å². The Morgan fingerprint density at radius 2 is 1.42 bits per heavy atom. The largest absolute Gasteiger partial charge is 0.469 e. The maximum absolute atomic E-state index is 10.6. The molecule has 0 aromatic carbocycles. The van der Waals surface area contributed by atoms with Crippen LogP contribution in [0.5, 0.6) is 0 Å². The molecule has 0 fully saturated rings. The van der Waals surface area contributed by atoms with E-state index in [1.807, 2.05) is 0 Å². The monoisotopic (exact) mass is 190 g/mol. The number of carbonyl (C=O) groups is 2. The molecule has 0 bridgehead atoms. The number of ether oxygens (including phenoxy) is 2. The maximum Gasteiger partial charge on any atom is 0.310 e. The third-order valence-corrected chi connectivity index (χ3v) is 1.43. The molecular weight excluding hydrogens is 180 g/mol. The van der Waals surface area contributed by atoms with Gasteiger partial charge in [0.1, 0.15) is 0 Å². The normalized spacial score (nSPS) is 8.83. The van der Waals surface area contributed by atoms with E-state index in [0.29, 0.717) is 4.86 Å². The first-order chi connectivity index (χ1) is 5.60. The van der Waals surface area contributed by atoms with Crippen molar-refractivity contribution in [3.05, 3.63) is 0 Å². The molecule has 0 rings (SSSR count). The van der Waals surface area contributed by atoms with Gasteiger partial charge < -0.3 is 9.47 Å². The third kappa shape index (κ3) is 4.79. The first-order valence-electron chi connectivity index (χ1n) is 3.25. The summed E-state index contributed by atoms with van der Waals surface area (Å²) in [7, 11) is 2.53. The molecule has 12 heavy (non-hydrogen) atoms. The lowest BCUT2D eigenvalue weighted by molar-refractivity contribution is -0.139. The van der Waals surface area contributed by atoms with E-state index in [9.17, 15) is 9.59 Å². The Labute approximate surface area is 75.8 Å². The van der Waals surface area contributed by atoms with Gasteiger partial charge in [0.15, 0.2) is 0 Å². The molecule has 0 unspecified atom stereocenters. The molecule has 0 radical (unpaired) electrons. The van der Waals surface area contributed by atoms with Crippen LogP contribution < -0.4 is 0 Å². The lowest BCUT2D eigenvalue weighted by atomic mass is 10.2. The zero-order valence-corrected chi connectivity index (χ0v) is 7.77. The number of methoxy groups -OCH3 is 2. The van der Waals surface area contributed by atoms with E-state index in [1.54, 1.807) is 0 Å². The molecule has 0 aliphatic heterocycles. The Morgan fingerprint density at radius 1 is 1.08 bits per heavy atom. The predicted molar refractivity (Wildman–Crippen MR) is 45.9 cm³/mol. The van der Waals surface area contributed by atoms with E-state index in [0.717, 1.165) is 0 Å². The Balaban J connectivity index is 3.74. The number of rotatable bonds is 4. The first kappa shape index (κ1) is 11.0. The SMILES string of the molecule is COC(=O)CC(=S)CC(=O)OC. The van der Waals surface area contributed by atoms with E-state index in [-0.39, 0.29) is 12.8 Å². The highest BCUT2D eigenvalue weighted by molar-refractivity contribution is 7.80. The molecule has 5 heteroatoms. The van der Waals surface area contributed by atoms with Crippen LogP contribution >= 0.6 is 12.2 Å². The second-order valence-corrected chi connectivity index (χ2v) is 2.62. The van der Waals surface area contributed by atoms with Crippen LogP contribution in [0.1, 0.15) is 12.8 Å². The van der Waals surface area contributed by atoms with Gasteiger partial charge in [0, 0.05) is 4.86 Å². The number of esters is 2. The molecule has 0 atom stereocenters. The van der Waals surface area contributed by atoms with Crippen LogP contribution in [0.4, 0.5) is 0 Å². The van der Waals surface area contributed by atoms with Crippen LogP contribution in [0.25, 0.3) is 0 Å². The van der Waals surface area contributed by atoms with Crippen LogP contribution in [0.3, 0.4) is 0 Å². The molecule has 0 spiro atoms. The second kappa shape index (κ2) is 5.65. The highest BCUT2D eigenvalue weighted by atomic mass is 32.1. The summed E-state index contributed by atoms with van der Waals surface area (Å²) < 4.78 is 8.72. The standard InChI is InChI=1S/C7H10O4S/c1-10-6(8)3-5(12)4-7(9)11-2/h3-4H2,1-2H3. The molecule has 0 aromatic rings.